The molecule has 0 amide bonds. The number of nitrogens with zero attached hydrogens (tertiary/aromatic N) is 25. The minimum atomic E-state index is -0.361. The van der Waals surface area contributed by atoms with Crippen LogP contribution < -0.4 is 81.8 Å². The first-order chi connectivity index (χ1) is 65.8. The van der Waals surface area contributed by atoms with Crippen molar-refractivity contribution in [2.75, 3.05) is 81.8 Å². The summed E-state index contributed by atoms with van der Waals surface area (Å²) in [4.78, 5) is 63.3. The third kappa shape index (κ3) is 25.2. The predicted octanol–water partition coefficient (Wildman–Crippen LogP) is 17.7. The van der Waals surface area contributed by atoms with E-state index in [0.29, 0.717) is 97.7 Å². The fourth-order valence-corrected chi connectivity index (χ4v) is 12.7. The normalized spacial score (nSPS) is 10.6. The first kappa shape index (κ1) is 89.2. The molecule has 135 heavy (non-hydrogen) atoms. The van der Waals surface area contributed by atoms with E-state index in [1.807, 2.05) is 238 Å². The standard InChI is InChI=1S/2C19H18N8.2C18H15ClN8.C18H15FN8/c1-13-6-5-9-15(10-13)24-19-25-18(20)27(26-19)17-11-16(21-12-22-17)23-14-7-3-2-4-8-14;1-13-7-9-15(10-8-13)24-19-25-18(20)27(26-19)17-11-16(21-12-22-17)23-14-5-3-2-4-6-14;19-12-5-4-8-14(9-12)24-18-25-17(20)27(26-18)16-10-15(21-11-22-16)23-13-6-2-1-3-7-13;19-12-6-8-14(9-7-12)24-18-25-17(20)27(26-18)16-10-15(21-11-22-16)23-13-4-2-1-3-5-13;19-12-5-4-8-14(9-12)24-18-25-17(20)27(26-18)16-10-15(21-11-22-16)23-13-6-2-1-3-7-13/h2*2-12H,1H3,(H,21,22,23)(H3,20,24,25,26);3*1-11H,(H,21,22,23)(H3,20,24,25,26). The molecule has 0 aliphatic carbocycles. The second-order valence-electron chi connectivity index (χ2n) is 28.7. The van der Waals surface area contributed by atoms with E-state index >= 15 is 0 Å². The van der Waals surface area contributed by atoms with Crippen LogP contribution in [0.4, 0.5) is 150 Å². The largest absolute Gasteiger partial charge is 0.368 e. The Bertz CT molecular complexity index is 6700. The molecule has 20 aromatic rings. The molecule has 0 unspecified atom stereocenters. The van der Waals surface area contributed by atoms with Crippen molar-refractivity contribution >= 4 is 169 Å². The summed E-state index contributed by atoms with van der Waals surface area (Å²) in [6.45, 7) is 4.05. The van der Waals surface area contributed by atoms with E-state index in [-0.39, 0.29) is 41.5 Å². The van der Waals surface area contributed by atoms with Gasteiger partial charge in [-0.25, -0.2) is 54.2 Å². The fourth-order valence-electron chi connectivity index (χ4n) is 12.4. The van der Waals surface area contributed by atoms with Gasteiger partial charge in [0.05, 0.1) is 0 Å². The minimum absolute atomic E-state index is 0.137. The summed E-state index contributed by atoms with van der Waals surface area (Å²) in [6, 6.07) is 93.5. The van der Waals surface area contributed by atoms with Crippen LogP contribution in [-0.4, -0.2) is 124 Å². The Labute approximate surface area is 779 Å². The van der Waals surface area contributed by atoms with Gasteiger partial charge < -0.3 is 81.8 Å². The van der Waals surface area contributed by atoms with E-state index in [2.05, 4.69) is 153 Å². The Morgan fingerprint density at radius 3 is 0.748 bits per heavy atom. The Kier molecular flexibility index (Phi) is 28.5. The summed E-state index contributed by atoms with van der Waals surface area (Å²) in [6.07, 6.45) is 7.19. The van der Waals surface area contributed by atoms with E-state index in [1.165, 1.54) is 72.7 Å². The molecule has 20 N–H and O–H groups in total. The van der Waals surface area contributed by atoms with Crippen LogP contribution in [0.5, 0.6) is 0 Å². The Balaban J connectivity index is 0.000000123. The quantitative estimate of drug-likeness (QED) is 0.0253. The van der Waals surface area contributed by atoms with Crippen LogP contribution >= 0.6 is 23.2 Å². The van der Waals surface area contributed by atoms with Gasteiger partial charge in [-0.2, -0.15) is 48.3 Å². The second-order valence-corrected chi connectivity index (χ2v) is 29.6. The highest BCUT2D eigenvalue weighted by atomic mass is 35.5. The minimum Gasteiger partial charge on any atom is -0.368 e. The molecule has 0 saturated heterocycles. The first-order valence-electron chi connectivity index (χ1n) is 41.0. The number of para-hydroxylation sites is 5. The number of nitrogens with two attached hydrogens (primary N) is 5. The maximum absolute atomic E-state index is 13.3. The Morgan fingerprint density at radius 2 is 0.467 bits per heavy atom. The Hall–Kier alpha value is -19.2. The molecule has 0 radical (unpaired) electrons. The van der Waals surface area contributed by atoms with Crippen molar-refractivity contribution in [3.8, 4) is 29.1 Å². The van der Waals surface area contributed by atoms with Crippen LogP contribution in [0.25, 0.3) is 29.1 Å². The predicted molar refractivity (Wildman–Crippen MR) is 524 cm³/mol. The number of nitrogens with one attached hydrogen (secondary N) is 10. The average molecular weight is 1840 g/mol. The second kappa shape index (κ2) is 43.1. The SMILES string of the molecule is Cc1ccc(Nc2nc(N)n(-c3cc(Nc4ccccc4)ncn3)n2)cc1.Cc1cccc(Nc2nc(N)n(-c3cc(Nc4ccccc4)ncn3)n2)c1.Nc1nc(Nc2ccc(Cl)cc2)nn1-c1cc(Nc2ccccc2)ncn1.Nc1nc(Nc2cccc(Cl)c2)nn1-c1cc(Nc2ccccc2)ncn1.Nc1nc(Nc2cccc(F)c2)nn1-c1cc(Nc2ccccc2)ncn1. The van der Waals surface area contributed by atoms with Gasteiger partial charge >= 0.3 is 0 Å². The molecular formula is C92H81Cl2FN40. The summed E-state index contributed by atoms with van der Waals surface area (Å²) in [5.74, 6) is 7.92. The van der Waals surface area contributed by atoms with Gasteiger partial charge in [0.15, 0.2) is 29.1 Å². The van der Waals surface area contributed by atoms with Gasteiger partial charge in [-0.05, 0) is 165 Å². The molecule has 20 rings (SSSR count). The van der Waals surface area contributed by atoms with E-state index in [1.54, 1.807) is 66.7 Å². The Morgan fingerprint density at radius 1 is 0.222 bits per heavy atom. The average Bonchev–Trinajstić information content (AvgIpc) is 1.70. The third-order valence-corrected chi connectivity index (χ3v) is 19.1. The smallest absolute Gasteiger partial charge is 0.248 e. The van der Waals surface area contributed by atoms with Gasteiger partial charge in [0.2, 0.25) is 59.5 Å². The van der Waals surface area contributed by atoms with Crippen molar-refractivity contribution in [1.29, 1.82) is 0 Å². The van der Waals surface area contributed by atoms with Gasteiger partial charge in [0, 0.05) is 97.3 Å². The number of halogens is 3. The summed E-state index contributed by atoms with van der Waals surface area (Å²) < 4.78 is 20.5. The van der Waals surface area contributed by atoms with E-state index in [9.17, 15) is 4.39 Å². The number of aromatic nitrogens is 25. The lowest BCUT2D eigenvalue weighted by Gasteiger charge is -2.07. The molecule has 0 spiro atoms. The highest BCUT2D eigenvalue weighted by Crippen LogP contribution is 2.29. The molecule has 0 aliphatic rings. The van der Waals surface area contributed by atoms with Gasteiger partial charge in [-0.1, -0.05) is 156 Å². The molecule has 0 saturated carbocycles. The molecule has 0 atom stereocenters. The van der Waals surface area contributed by atoms with Crippen LogP contribution in [-0.2, 0) is 0 Å². The number of hydrogen-bond acceptors (Lipinski definition) is 35. The van der Waals surface area contributed by atoms with Gasteiger partial charge in [-0.3, -0.25) is 0 Å². The number of nitrogen functional groups attached to an aromatic ring is 5. The fraction of sp³-hybridized carbons (Fsp3) is 0.0217. The van der Waals surface area contributed by atoms with Crippen molar-refractivity contribution in [3.63, 3.8) is 0 Å². The maximum Gasteiger partial charge on any atom is 0.248 e. The van der Waals surface area contributed by atoms with Crippen molar-refractivity contribution in [2.24, 2.45) is 0 Å². The van der Waals surface area contributed by atoms with Gasteiger partial charge in [0.1, 0.15) is 66.5 Å². The summed E-state index contributed by atoms with van der Waals surface area (Å²) in [5.41, 5.74) is 40.7. The van der Waals surface area contributed by atoms with Crippen molar-refractivity contribution < 1.29 is 4.39 Å². The number of rotatable bonds is 25. The molecule has 0 bridgehead atoms. The number of aryl methyl sites for hydroxylation is 2. The van der Waals surface area contributed by atoms with Crippen LogP contribution in [0.15, 0.2) is 335 Å². The number of hydrogen-bond donors (Lipinski definition) is 15. The zero-order valence-electron chi connectivity index (χ0n) is 71.5. The lowest BCUT2D eigenvalue weighted by molar-refractivity contribution is 0.628. The molecule has 10 aromatic carbocycles. The zero-order valence-corrected chi connectivity index (χ0v) is 73.0. The monoisotopic (exact) mass is 1830 g/mol. The molecule has 43 heteroatoms. The summed E-state index contributed by atoms with van der Waals surface area (Å²) >= 11 is 11.9. The molecule has 10 heterocycles. The van der Waals surface area contributed by atoms with Gasteiger partial charge in [0.25, 0.3) is 0 Å². The summed E-state index contributed by atoms with van der Waals surface area (Å²) in [7, 11) is 0. The van der Waals surface area contributed by atoms with Crippen molar-refractivity contribution in [3.05, 3.63) is 362 Å². The molecule has 670 valence electrons. The van der Waals surface area contributed by atoms with E-state index < -0.39 is 0 Å². The summed E-state index contributed by atoms with van der Waals surface area (Å²) in [5, 5.41) is 54.4. The third-order valence-electron chi connectivity index (χ3n) is 18.6. The topological polar surface area (TPSA) is 533 Å². The molecule has 10 aromatic heterocycles. The number of benzene rings is 10. The number of anilines is 25. The van der Waals surface area contributed by atoms with Crippen LogP contribution in [0.2, 0.25) is 10.0 Å². The van der Waals surface area contributed by atoms with Crippen LogP contribution in [0.1, 0.15) is 11.1 Å². The van der Waals surface area contributed by atoms with Crippen LogP contribution in [0.3, 0.4) is 0 Å². The van der Waals surface area contributed by atoms with Crippen molar-refractivity contribution in [2.45, 2.75) is 13.8 Å². The molecule has 40 nitrogen and oxygen atoms in total. The first-order valence-corrected chi connectivity index (χ1v) is 41.7. The highest BCUT2D eigenvalue weighted by molar-refractivity contribution is 6.31. The van der Waals surface area contributed by atoms with E-state index in [4.69, 9.17) is 51.9 Å². The molecule has 0 aliphatic heterocycles. The van der Waals surface area contributed by atoms with E-state index in [0.717, 1.165) is 56.7 Å². The lowest BCUT2D eigenvalue weighted by Crippen LogP contribution is -2.06. The lowest BCUT2D eigenvalue weighted by atomic mass is 10.2. The molecule has 0 fully saturated rings. The van der Waals surface area contributed by atoms with Gasteiger partial charge in [-0.15, -0.1) is 25.5 Å². The zero-order chi connectivity index (χ0) is 93.2. The maximum atomic E-state index is 13.3. The highest BCUT2D eigenvalue weighted by Gasteiger charge is 2.19. The van der Waals surface area contributed by atoms with Crippen LogP contribution in [0, 0.1) is 19.7 Å². The molecular weight excluding hydrogens is 1760 g/mol. The van der Waals surface area contributed by atoms with Crippen molar-refractivity contribution in [1.82, 2.24) is 124 Å².